The van der Waals surface area contributed by atoms with E-state index in [4.69, 9.17) is 40.8 Å². The molecule has 0 aliphatic carbocycles. The zero-order valence-electron chi connectivity index (χ0n) is 61.8. The van der Waals surface area contributed by atoms with Crippen LogP contribution in [-0.4, -0.2) is 69.8 Å². The SMILES string of the molecule is CC(C)(C)c1ccc(-c2nc(-c3ccc(C(C)(C)C)cc3)nc(-c3ccc(-c4[c-]cc(C(=O)c5ccccc5)cc4)nc3)n2)cc1.CC(C)(C)c1ccc(-c2nc(Cl)nc(-c3ccc(C(C)(C)C)cc3)n2)cc1.CC1(C)OB(c2ccc(-c3[c-]cc(C(=O)c4ccccc4)cc3)nc2)OC1(C)C.[Ir].[Ir]. The average molecular weight is 1750 g/mol. The number of carbonyl (C=O) groups excluding carboxylic acids is 2. The average Bonchev–Trinajstić information content (AvgIpc) is 1.12. The minimum absolute atomic E-state index is 0. The molecule has 12 nitrogen and oxygen atoms in total. The van der Waals surface area contributed by atoms with Crippen LogP contribution < -0.4 is 5.46 Å². The zero-order valence-corrected chi connectivity index (χ0v) is 67.3. The number of nitrogens with zero attached hydrogens (tertiary/aromatic N) is 8. The standard InChI is InChI=1S/C41H37N4O.C24H23BNO3.C23H26ClN3.2Ir/c1-40(2,3)33-21-16-30(17-22-33)37-43-38(31-18-23-34(24-19-31)41(4,5)6)45-39(44-37)32-20-25-35(42-26-32)27-12-14-29(15-13-27)36(46)28-10-8-7-9-11-28;1-23(2)24(3,4)29-25(28-23)20-14-15-21(26-16-20)17-10-12-19(13-11-17)22(27)18-8-6-5-7-9-18;1-22(2,3)17-11-7-15(8-12-17)19-25-20(27-21(24)26-19)16-9-13-18(14-10-16)23(4,5)6;;/h7-12,14-26H,1-6H3;5-10,12-16H,1-4H3;7-14H,1-6H3;;/q2*-1;;;. The van der Waals surface area contributed by atoms with Gasteiger partial charge in [-0.15, -0.1) is 59.7 Å². The van der Waals surface area contributed by atoms with Gasteiger partial charge in [0.2, 0.25) is 5.28 Å². The van der Waals surface area contributed by atoms with E-state index in [1.807, 2.05) is 161 Å². The van der Waals surface area contributed by atoms with E-state index in [0.717, 1.165) is 55.8 Å². The van der Waals surface area contributed by atoms with Gasteiger partial charge < -0.3 is 19.3 Å². The Morgan fingerprint density at radius 1 is 0.356 bits per heavy atom. The van der Waals surface area contributed by atoms with Gasteiger partial charge in [-0.3, -0.25) is 9.59 Å². The third-order valence-electron chi connectivity index (χ3n) is 18.4. The van der Waals surface area contributed by atoms with Gasteiger partial charge in [0.1, 0.15) is 0 Å². The van der Waals surface area contributed by atoms with E-state index in [1.54, 1.807) is 24.5 Å². The molecule has 1 aliphatic heterocycles. The third-order valence-corrected chi connectivity index (χ3v) is 18.6. The van der Waals surface area contributed by atoms with Gasteiger partial charge in [0, 0.05) is 91.5 Å². The van der Waals surface area contributed by atoms with Crippen LogP contribution in [0, 0.1) is 12.1 Å². The van der Waals surface area contributed by atoms with Crippen LogP contribution in [0.1, 0.15) is 165 Å². The second kappa shape index (κ2) is 32.6. The molecule has 532 valence electrons. The van der Waals surface area contributed by atoms with Crippen LogP contribution in [0.2, 0.25) is 5.28 Å². The van der Waals surface area contributed by atoms with Gasteiger partial charge in [0.15, 0.2) is 40.7 Å². The van der Waals surface area contributed by atoms with Gasteiger partial charge in [-0.25, -0.2) is 19.9 Å². The van der Waals surface area contributed by atoms with Crippen molar-refractivity contribution in [2.24, 2.45) is 0 Å². The summed E-state index contributed by atoms with van der Waals surface area (Å²) in [7, 11) is -0.434. The predicted molar refractivity (Wildman–Crippen MR) is 413 cm³/mol. The van der Waals surface area contributed by atoms with E-state index in [2.05, 4.69) is 188 Å². The summed E-state index contributed by atoms with van der Waals surface area (Å²) in [4.78, 5) is 62.6. The summed E-state index contributed by atoms with van der Waals surface area (Å²) < 4.78 is 12.1. The third kappa shape index (κ3) is 19.3. The van der Waals surface area contributed by atoms with E-state index >= 15 is 0 Å². The van der Waals surface area contributed by atoms with Crippen molar-refractivity contribution in [3.05, 3.63) is 293 Å². The van der Waals surface area contributed by atoms with E-state index in [0.29, 0.717) is 51.4 Å². The molecular weight excluding hydrogens is 1660 g/mol. The molecule has 0 N–H and O–H groups in total. The van der Waals surface area contributed by atoms with E-state index in [1.165, 1.54) is 22.3 Å². The topological polar surface area (TPSA) is 156 Å². The molecule has 0 spiro atoms. The van der Waals surface area contributed by atoms with E-state index in [9.17, 15) is 9.59 Å². The summed E-state index contributed by atoms with van der Waals surface area (Å²) in [6, 6.07) is 77.0. The summed E-state index contributed by atoms with van der Waals surface area (Å²) in [5.41, 5.74) is 15.6. The summed E-state index contributed by atoms with van der Waals surface area (Å²) in [5.74, 6) is 2.89. The monoisotopic (exact) mass is 1750 g/mol. The molecule has 104 heavy (non-hydrogen) atoms. The Kier molecular flexibility index (Phi) is 24.8. The van der Waals surface area contributed by atoms with Crippen molar-refractivity contribution in [1.82, 2.24) is 39.9 Å². The molecule has 8 aromatic carbocycles. The van der Waals surface area contributed by atoms with Gasteiger partial charge in [0.05, 0.1) is 11.2 Å². The van der Waals surface area contributed by atoms with Crippen LogP contribution in [0.25, 0.3) is 79.5 Å². The first kappa shape index (κ1) is 79.1. The Morgan fingerprint density at radius 2 is 0.654 bits per heavy atom. The number of rotatable bonds is 12. The summed E-state index contributed by atoms with van der Waals surface area (Å²) in [6.45, 7) is 34.5. The Bertz CT molecular complexity index is 4720. The molecule has 0 atom stereocenters. The molecule has 5 heterocycles. The smallest absolute Gasteiger partial charge is 0.399 e. The molecule has 4 aromatic heterocycles. The van der Waals surface area contributed by atoms with Gasteiger partial charge in [-0.2, -0.15) is 9.97 Å². The first-order chi connectivity index (χ1) is 48.3. The first-order valence-corrected chi connectivity index (χ1v) is 34.8. The number of benzene rings is 8. The van der Waals surface area contributed by atoms with Crippen molar-refractivity contribution < 1.29 is 59.1 Å². The molecule has 1 fully saturated rings. The van der Waals surface area contributed by atoms with Crippen molar-refractivity contribution in [2.45, 2.75) is 144 Å². The molecule has 1 aliphatic rings. The van der Waals surface area contributed by atoms with E-state index < -0.39 is 7.12 Å². The van der Waals surface area contributed by atoms with Gasteiger partial charge >= 0.3 is 7.12 Å². The fourth-order valence-corrected chi connectivity index (χ4v) is 11.3. The second-order valence-corrected chi connectivity index (χ2v) is 31.1. The fourth-order valence-electron chi connectivity index (χ4n) is 11.2. The van der Waals surface area contributed by atoms with Gasteiger partial charge in [0.25, 0.3) is 0 Å². The Labute approximate surface area is 645 Å². The Morgan fingerprint density at radius 3 is 0.933 bits per heavy atom. The Hall–Kier alpha value is -9.01. The quantitative estimate of drug-likeness (QED) is 0.0649. The molecular formula is C88H86BClIr2N8O4-2. The summed E-state index contributed by atoms with van der Waals surface area (Å²) in [6.07, 6.45) is 3.55. The number of pyridine rings is 2. The molecule has 0 amide bonds. The maximum absolute atomic E-state index is 12.8. The molecule has 16 heteroatoms. The summed E-state index contributed by atoms with van der Waals surface area (Å²) in [5, 5.41) is 0.204. The number of carbonyl (C=O) groups is 2. The van der Waals surface area contributed by atoms with Crippen molar-refractivity contribution in [3.8, 4) is 79.5 Å². The minimum Gasteiger partial charge on any atom is -0.399 e. The maximum atomic E-state index is 12.8. The predicted octanol–water partition coefficient (Wildman–Crippen LogP) is 20.1. The second-order valence-electron chi connectivity index (χ2n) is 30.7. The first-order valence-electron chi connectivity index (χ1n) is 34.4. The molecule has 12 aromatic rings. The minimum atomic E-state index is -0.434. The van der Waals surface area contributed by atoms with Crippen LogP contribution in [0.5, 0.6) is 0 Å². The summed E-state index contributed by atoms with van der Waals surface area (Å²) >= 11 is 6.20. The number of hydrogen-bond donors (Lipinski definition) is 0. The van der Waals surface area contributed by atoms with Gasteiger partial charge in [-0.1, -0.05) is 276 Å². The van der Waals surface area contributed by atoms with Crippen molar-refractivity contribution in [3.63, 3.8) is 0 Å². The number of ketones is 2. The van der Waals surface area contributed by atoms with Crippen molar-refractivity contribution in [2.75, 3.05) is 0 Å². The van der Waals surface area contributed by atoms with Crippen LogP contribution in [0.15, 0.2) is 231 Å². The molecule has 0 unspecified atom stereocenters. The molecule has 1 saturated heterocycles. The number of hydrogen-bond acceptors (Lipinski definition) is 12. The largest absolute Gasteiger partial charge is 0.496 e. The van der Waals surface area contributed by atoms with Gasteiger partial charge in [-0.05, 0) is 100 Å². The normalized spacial score (nSPS) is 13.2. The molecule has 13 rings (SSSR count). The molecule has 2 radical (unpaired) electrons. The Balaban J connectivity index is 0.000000188. The van der Waals surface area contributed by atoms with Crippen LogP contribution >= 0.6 is 11.6 Å². The van der Waals surface area contributed by atoms with Crippen molar-refractivity contribution >= 4 is 35.7 Å². The maximum Gasteiger partial charge on any atom is 0.496 e. The van der Waals surface area contributed by atoms with Crippen molar-refractivity contribution in [1.29, 1.82) is 0 Å². The van der Waals surface area contributed by atoms with Crippen LogP contribution in [0.4, 0.5) is 0 Å². The number of aromatic nitrogens is 8. The van der Waals surface area contributed by atoms with Crippen LogP contribution in [-0.2, 0) is 71.2 Å². The van der Waals surface area contributed by atoms with E-state index in [-0.39, 0.29) is 89.9 Å². The van der Waals surface area contributed by atoms with Crippen LogP contribution in [0.3, 0.4) is 0 Å². The molecule has 0 bridgehead atoms. The molecule has 0 saturated carbocycles. The number of halogens is 1. The zero-order chi connectivity index (χ0) is 72.9. The fraction of sp³-hybridized carbons (Fsp3) is 0.250.